The van der Waals surface area contributed by atoms with E-state index in [4.69, 9.17) is 4.74 Å². The van der Waals surface area contributed by atoms with Gasteiger partial charge in [0.15, 0.2) is 0 Å². The molecule has 0 saturated carbocycles. The van der Waals surface area contributed by atoms with Gasteiger partial charge in [-0.25, -0.2) is 0 Å². The number of carbonyl (C=O) groups is 1. The fourth-order valence-electron chi connectivity index (χ4n) is 3.19. The third kappa shape index (κ3) is 6.03. The second-order valence-electron chi connectivity index (χ2n) is 6.55. The number of nitrogens with zero attached hydrogens (tertiary/aromatic N) is 1. The van der Waals surface area contributed by atoms with Crippen molar-refractivity contribution in [1.82, 2.24) is 10.2 Å². The van der Waals surface area contributed by atoms with E-state index in [9.17, 15) is 4.79 Å². The molecular weight excluding hydrogens is 324 g/mol. The Hall–Kier alpha value is -2.07. The Bertz CT molecular complexity index is 620. The Morgan fingerprint density at radius 1 is 1.23 bits per heavy atom. The van der Waals surface area contributed by atoms with Crippen molar-refractivity contribution in [2.75, 3.05) is 20.2 Å². The van der Waals surface area contributed by atoms with E-state index in [-0.39, 0.29) is 11.9 Å². The third-order valence-electron chi connectivity index (χ3n) is 4.69. The van der Waals surface area contributed by atoms with Crippen LogP contribution in [-0.4, -0.2) is 37.0 Å². The summed E-state index contributed by atoms with van der Waals surface area (Å²) >= 11 is 0. The standard InChI is InChI=1S/C20H26N2O2.C2H6/c1-22-13-5-8-19(22)20(23)21-14-16-9-11-18(12-10-16)24-15-17-6-3-2-4-7-17;1-2/h3,6-7,9-12,19H,2,4-5,8,13-15H2,1H3,(H,21,23);1-2H3. The van der Waals surface area contributed by atoms with Crippen molar-refractivity contribution in [2.45, 2.75) is 52.1 Å². The molecule has 1 amide bonds. The maximum atomic E-state index is 12.2. The van der Waals surface area contributed by atoms with Gasteiger partial charge in [-0.15, -0.1) is 0 Å². The van der Waals surface area contributed by atoms with E-state index in [2.05, 4.69) is 28.4 Å². The van der Waals surface area contributed by atoms with Crippen LogP contribution < -0.4 is 10.1 Å². The van der Waals surface area contributed by atoms with Crippen LogP contribution in [0, 0.1) is 0 Å². The SMILES string of the molecule is CC.CN1CCCC1C(=O)NCc1ccc(OCC2=CCCC=C2)cc1. The number of hydrogen-bond acceptors (Lipinski definition) is 3. The maximum Gasteiger partial charge on any atom is 0.237 e. The molecular formula is C22H32N2O2. The molecule has 0 bridgehead atoms. The number of allylic oxidation sites excluding steroid dienone is 2. The number of hydrogen-bond donors (Lipinski definition) is 1. The number of likely N-dealkylation sites (N-methyl/N-ethyl adjacent to an activating group) is 1. The average Bonchev–Trinajstić information content (AvgIpc) is 3.14. The minimum Gasteiger partial charge on any atom is -0.489 e. The van der Waals surface area contributed by atoms with Crippen LogP contribution in [0.1, 0.15) is 45.1 Å². The van der Waals surface area contributed by atoms with Gasteiger partial charge >= 0.3 is 0 Å². The zero-order valence-corrected chi connectivity index (χ0v) is 16.3. The fourth-order valence-corrected chi connectivity index (χ4v) is 3.19. The highest BCUT2D eigenvalue weighted by molar-refractivity contribution is 5.81. The van der Waals surface area contributed by atoms with Gasteiger partial charge < -0.3 is 10.1 Å². The lowest BCUT2D eigenvalue weighted by Gasteiger charge is -2.18. The summed E-state index contributed by atoms with van der Waals surface area (Å²) in [5.41, 5.74) is 2.33. The molecule has 0 aromatic heterocycles. The number of benzene rings is 1. The summed E-state index contributed by atoms with van der Waals surface area (Å²) in [6.45, 7) is 6.19. The first kappa shape index (κ1) is 20.2. The maximum absolute atomic E-state index is 12.2. The van der Waals surface area contributed by atoms with Crippen LogP contribution in [0.25, 0.3) is 0 Å². The molecule has 3 rings (SSSR count). The number of ether oxygens (including phenoxy) is 1. The first-order chi connectivity index (χ1) is 12.7. The Morgan fingerprint density at radius 2 is 2.00 bits per heavy atom. The van der Waals surface area contributed by atoms with Crippen LogP contribution in [0.15, 0.2) is 48.1 Å². The molecule has 4 heteroatoms. The smallest absolute Gasteiger partial charge is 0.237 e. The summed E-state index contributed by atoms with van der Waals surface area (Å²) in [7, 11) is 2.01. The van der Waals surface area contributed by atoms with Crippen molar-refractivity contribution in [1.29, 1.82) is 0 Å². The highest BCUT2D eigenvalue weighted by Crippen LogP contribution is 2.17. The van der Waals surface area contributed by atoms with Crippen LogP contribution in [0.5, 0.6) is 5.75 Å². The van der Waals surface area contributed by atoms with Gasteiger partial charge in [-0.2, -0.15) is 0 Å². The van der Waals surface area contributed by atoms with Gasteiger partial charge in [0.1, 0.15) is 12.4 Å². The molecule has 0 spiro atoms. The largest absolute Gasteiger partial charge is 0.489 e. The first-order valence-corrected chi connectivity index (χ1v) is 9.77. The molecule has 1 aromatic carbocycles. The van der Waals surface area contributed by atoms with Crippen LogP contribution in [0.2, 0.25) is 0 Å². The first-order valence-electron chi connectivity index (χ1n) is 9.77. The lowest BCUT2D eigenvalue weighted by atomic mass is 10.1. The second-order valence-corrected chi connectivity index (χ2v) is 6.55. The van der Waals surface area contributed by atoms with Gasteiger partial charge in [0, 0.05) is 6.54 Å². The molecule has 1 aliphatic carbocycles. The van der Waals surface area contributed by atoms with Crippen molar-refractivity contribution in [3.8, 4) is 5.75 Å². The fraction of sp³-hybridized carbons (Fsp3) is 0.500. The Kier molecular flexibility index (Phi) is 8.42. The number of rotatable bonds is 6. The van der Waals surface area contributed by atoms with E-state index in [0.717, 1.165) is 43.5 Å². The van der Waals surface area contributed by atoms with E-state index in [0.29, 0.717) is 13.2 Å². The van der Waals surface area contributed by atoms with Crippen molar-refractivity contribution in [2.24, 2.45) is 0 Å². The monoisotopic (exact) mass is 356 g/mol. The summed E-state index contributed by atoms with van der Waals surface area (Å²) in [4.78, 5) is 14.3. The van der Waals surface area contributed by atoms with Gasteiger partial charge in [0.25, 0.3) is 0 Å². The number of likely N-dealkylation sites (tertiary alicyclic amines) is 1. The zero-order valence-electron chi connectivity index (χ0n) is 16.3. The minimum atomic E-state index is 0.0319. The summed E-state index contributed by atoms with van der Waals surface area (Å²) in [5, 5.41) is 3.03. The Morgan fingerprint density at radius 3 is 2.62 bits per heavy atom. The van der Waals surface area contributed by atoms with Crippen molar-refractivity contribution < 1.29 is 9.53 Å². The van der Waals surface area contributed by atoms with E-state index in [1.54, 1.807) is 0 Å². The molecule has 0 radical (unpaired) electrons. The van der Waals surface area contributed by atoms with Crippen LogP contribution >= 0.6 is 0 Å². The summed E-state index contributed by atoms with van der Waals surface area (Å²) < 4.78 is 5.81. The molecule has 1 atom stereocenters. The van der Waals surface area contributed by atoms with Crippen molar-refractivity contribution in [3.05, 3.63) is 53.6 Å². The molecule has 26 heavy (non-hydrogen) atoms. The average molecular weight is 357 g/mol. The van der Waals surface area contributed by atoms with Gasteiger partial charge in [-0.1, -0.05) is 44.2 Å². The molecule has 1 fully saturated rings. The Balaban J connectivity index is 0.00000117. The van der Waals surface area contributed by atoms with Gasteiger partial charge in [-0.3, -0.25) is 9.69 Å². The van der Waals surface area contributed by atoms with Crippen molar-refractivity contribution in [3.63, 3.8) is 0 Å². The minimum absolute atomic E-state index is 0.0319. The predicted molar refractivity (Wildman–Crippen MR) is 107 cm³/mol. The molecule has 2 aliphatic rings. The zero-order chi connectivity index (χ0) is 18.8. The van der Waals surface area contributed by atoms with Crippen molar-refractivity contribution >= 4 is 5.91 Å². The summed E-state index contributed by atoms with van der Waals surface area (Å²) in [5.74, 6) is 0.992. The van der Waals surface area contributed by atoms with Crippen LogP contribution in [0.3, 0.4) is 0 Å². The molecule has 1 heterocycles. The normalized spacial score (nSPS) is 19.3. The van der Waals surface area contributed by atoms with E-state index < -0.39 is 0 Å². The number of nitrogens with one attached hydrogen (secondary N) is 1. The molecule has 1 saturated heterocycles. The molecule has 1 aromatic rings. The summed E-state index contributed by atoms with van der Waals surface area (Å²) in [6.07, 6.45) is 10.8. The lowest BCUT2D eigenvalue weighted by Crippen LogP contribution is -2.41. The topological polar surface area (TPSA) is 41.6 Å². The third-order valence-corrected chi connectivity index (χ3v) is 4.69. The molecule has 4 nitrogen and oxygen atoms in total. The van der Waals surface area contributed by atoms with E-state index in [1.807, 2.05) is 45.2 Å². The van der Waals surface area contributed by atoms with Gasteiger partial charge in [0.05, 0.1) is 6.04 Å². The van der Waals surface area contributed by atoms with Gasteiger partial charge in [-0.05, 0) is 62.5 Å². The quantitative estimate of drug-likeness (QED) is 0.835. The number of carbonyl (C=O) groups excluding carboxylic acids is 1. The highest BCUT2D eigenvalue weighted by Gasteiger charge is 2.27. The molecule has 1 N–H and O–H groups in total. The lowest BCUT2D eigenvalue weighted by molar-refractivity contribution is -0.125. The van der Waals surface area contributed by atoms with Gasteiger partial charge in [0.2, 0.25) is 5.91 Å². The highest BCUT2D eigenvalue weighted by atomic mass is 16.5. The van der Waals surface area contributed by atoms with Crippen LogP contribution in [0.4, 0.5) is 0 Å². The summed E-state index contributed by atoms with van der Waals surface area (Å²) in [6, 6.07) is 7.99. The predicted octanol–water partition coefficient (Wildman–Crippen LogP) is 4.08. The van der Waals surface area contributed by atoms with E-state index >= 15 is 0 Å². The number of amides is 1. The molecule has 1 aliphatic heterocycles. The van der Waals surface area contributed by atoms with Crippen LogP contribution in [-0.2, 0) is 11.3 Å². The molecule has 142 valence electrons. The Labute approximate surface area is 157 Å². The molecule has 1 unspecified atom stereocenters. The second kappa shape index (κ2) is 10.8. The van der Waals surface area contributed by atoms with E-state index in [1.165, 1.54) is 5.57 Å².